The summed E-state index contributed by atoms with van der Waals surface area (Å²) >= 11 is 0. The number of pyridine rings is 1. The van der Waals surface area contributed by atoms with E-state index < -0.39 is 29.8 Å². The topological polar surface area (TPSA) is 68.6 Å². The van der Waals surface area contributed by atoms with Gasteiger partial charge in [-0.1, -0.05) is 12.1 Å². The molecule has 1 saturated heterocycles. The molecule has 0 aliphatic carbocycles. The number of aromatic nitrogens is 1. The predicted octanol–water partition coefficient (Wildman–Crippen LogP) is 3.98. The molecule has 1 aromatic heterocycles. The summed E-state index contributed by atoms with van der Waals surface area (Å²) in [5, 5.41) is 0. The SMILES string of the molecule is CCOC(=O)C[C@H](c1ccc(F)cc1)C1CCN(C(=O)Cn2cc(C(F)(F)F)ccc2=O)CC1. The lowest BCUT2D eigenvalue weighted by atomic mass is 9.78. The van der Waals surface area contributed by atoms with Gasteiger partial charge >= 0.3 is 12.1 Å². The highest BCUT2D eigenvalue weighted by atomic mass is 19.4. The Labute approximate surface area is 194 Å². The quantitative estimate of drug-likeness (QED) is 0.442. The summed E-state index contributed by atoms with van der Waals surface area (Å²) < 4.78 is 58.1. The normalized spacial score (nSPS) is 15.7. The Morgan fingerprint density at radius 3 is 2.32 bits per heavy atom. The second-order valence-corrected chi connectivity index (χ2v) is 8.27. The molecule has 0 radical (unpaired) electrons. The molecule has 2 aromatic rings. The summed E-state index contributed by atoms with van der Waals surface area (Å²) in [7, 11) is 0. The summed E-state index contributed by atoms with van der Waals surface area (Å²) in [6.45, 7) is 2.13. The maximum atomic E-state index is 13.4. The second-order valence-electron chi connectivity index (χ2n) is 8.27. The van der Waals surface area contributed by atoms with E-state index in [-0.39, 0.29) is 36.7 Å². The number of esters is 1. The van der Waals surface area contributed by atoms with Gasteiger partial charge in [0.15, 0.2) is 0 Å². The van der Waals surface area contributed by atoms with Gasteiger partial charge in [0.2, 0.25) is 5.91 Å². The van der Waals surface area contributed by atoms with Crippen LogP contribution in [-0.2, 0) is 27.0 Å². The molecule has 34 heavy (non-hydrogen) atoms. The summed E-state index contributed by atoms with van der Waals surface area (Å²) in [5.41, 5.74) is -0.892. The van der Waals surface area contributed by atoms with E-state index in [2.05, 4.69) is 0 Å². The fraction of sp³-hybridized carbons (Fsp3) is 0.458. The number of carbonyl (C=O) groups is 2. The van der Waals surface area contributed by atoms with Crippen molar-refractivity contribution in [1.29, 1.82) is 0 Å². The van der Waals surface area contributed by atoms with Crippen molar-refractivity contribution in [2.45, 2.75) is 44.8 Å². The minimum Gasteiger partial charge on any atom is -0.466 e. The number of amides is 1. The van der Waals surface area contributed by atoms with Gasteiger partial charge in [0.1, 0.15) is 12.4 Å². The van der Waals surface area contributed by atoms with Gasteiger partial charge in [-0.15, -0.1) is 0 Å². The van der Waals surface area contributed by atoms with Crippen molar-refractivity contribution in [3.8, 4) is 0 Å². The van der Waals surface area contributed by atoms with E-state index in [9.17, 15) is 31.9 Å². The third kappa shape index (κ3) is 6.45. The van der Waals surface area contributed by atoms with Gasteiger partial charge in [0.05, 0.1) is 18.6 Å². The van der Waals surface area contributed by atoms with Crippen LogP contribution < -0.4 is 5.56 Å². The monoisotopic (exact) mass is 482 g/mol. The zero-order chi connectivity index (χ0) is 24.9. The van der Waals surface area contributed by atoms with Crippen LogP contribution in [0.25, 0.3) is 0 Å². The van der Waals surface area contributed by atoms with Crippen molar-refractivity contribution in [3.05, 3.63) is 69.9 Å². The Hall–Kier alpha value is -3.17. The van der Waals surface area contributed by atoms with Gasteiger partial charge < -0.3 is 14.2 Å². The van der Waals surface area contributed by atoms with E-state index in [0.717, 1.165) is 16.2 Å². The van der Waals surface area contributed by atoms with E-state index in [0.29, 0.717) is 38.2 Å². The largest absolute Gasteiger partial charge is 0.466 e. The van der Waals surface area contributed by atoms with E-state index in [1.165, 1.54) is 17.0 Å². The minimum absolute atomic E-state index is 0.0233. The molecule has 1 aliphatic heterocycles. The lowest BCUT2D eigenvalue weighted by Gasteiger charge is -2.36. The molecule has 0 spiro atoms. The maximum absolute atomic E-state index is 13.4. The number of piperidine rings is 1. The molecular formula is C24H26F4N2O4. The average molecular weight is 482 g/mol. The first-order valence-electron chi connectivity index (χ1n) is 11.0. The second kappa shape index (κ2) is 10.8. The first-order valence-corrected chi connectivity index (χ1v) is 11.0. The van der Waals surface area contributed by atoms with E-state index in [1.54, 1.807) is 19.1 Å². The van der Waals surface area contributed by atoms with Crippen molar-refractivity contribution in [3.63, 3.8) is 0 Å². The molecule has 10 heteroatoms. The number of alkyl halides is 3. The Morgan fingerprint density at radius 2 is 1.74 bits per heavy atom. The van der Waals surface area contributed by atoms with Crippen LogP contribution in [0.5, 0.6) is 0 Å². The molecule has 0 N–H and O–H groups in total. The van der Waals surface area contributed by atoms with Gasteiger partial charge in [0.25, 0.3) is 5.56 Å². The molecule has 184 valence electrons. The van der Waals surface area contributed by atoms with E-state index in [1.807, 2.05) is 0 Å². The molecular weight excluding hydrogens is 456 g/mol. The Morgan fingerprint density at radius 1 is 1.09 bits per heavy atom. The number of benzene rings is 1. The van der Waals surface area contributed by atoms with Crippen LogP contribution in [0.1, 0.15) is 43.2 Å². The molecule has 2 heterocycles. The lowest BCUT2D eigenvalue weighted by molar-refractivity contribution is -0.144. The standard InChI is InChI=1S/C24H26F4N2O4/c1-2-34-23(33)13-20(16-3-6-19(25)7-4-16)17-9-11-29(12-10-17)22(32)15-30-14-18(24(26,27)28)5-8-21(30)31/h3-8,14,17,20H,2,9-13,15H2,1H3/t20-/m1/s1. The number of likely N-dealkylation sites (tertiary alicyclic amines) is 1. The third-order valence-corrected chi connectivity index (χ3v) is 6.07. The number of halogens is 4. The zero-order valence-corrected chi connectivity index (χ0v) is 18.7. The van der Waals surface area contributed by atoms with Crippen LogP contribution in [-0.4, -0.2) is 41.0 Å². The number of carbonyl (C=O) groups excluding carboxylic acids is 2. The number of nitrogens with zero attached hydrogens (tertiary/aromatic N) is 2. The Balaban J connectivity index is 1.67. The molecule has 1 atom stereocenters. The lowest BCUT2D eigenvalue weighted by Crippen LogP contribution is -2.42. The summed E-state index contributed by atoms with van der Waals surface area (Å²) in [5.74, 6) is -1.40. The molecule has 6 nitrogen and oxygen atoms in total. The van der Waals surface area contributed by atoms with Crippen molar-refractivity contribution >= 4 is 11.9 Å². The van der Waals surface area contributed by atoms with Crippen molar-refractivity contribution in [2.24, 2.45) is 5.92 Å². The van der Waals surface area contributed by atoms with Crippen LogP contribution in [0.3, 0.4) is 0 Å². The first-order chi connectivity index (χ1) is 16.1. The van der Waals surface area contributed by atoms with E-state index >= 15 is 0 Å². The number of ether oxygens (including phenoxy) is 1. The molecule has 0 saturated carbocycles. The molecule has 0 bridgehead atoms. The molecule has 1 fully saturated rings. The summed E-state index contributed by atoms with van der Waals surface area (Å²) in [4.78, 5) is 38.3. The smallest absolute Gasteiger partial charge is 0.417 e. The van der Waals surface area contributed by atoms with Gasteiger partial charge in [-0.25, -0.2) is 4.39 Å². The van der Waals surface area contributed by atoms with Gasteiger partial charge in [-0.2, -0.15) is 13.2 Å². The number of hydrogen-bond acceptors (Lipinski definition) is 4. The Kier molecular flexibility index (Phi) is 8.11. The first kappa shape index (κ1) is 25.5. The van der Waals surface area contributed by atoms with Crippen LogP contribution in [0.15, 0.2) is 47.4 Å². The minimum atomic E-state index is -4.62. The van der Waals surface area contributed by atoms with Crippen molar-refractivity contribution in [2.75, 3.05) is 19.7 Å². The van der Waals surface area contributed by atoms with Gasteiger partial charge in [-0.3, -0.25) is 14.4 Å². The predicted molar refractivity (Wildman–Crippen MR) is 115 cm³/mol. The fourth-order valence-corrected chi connectivity index (χ4v) is 4.29. The molecule has 1 amide bonds. The van der Waals surface area contributed by atoms with Crippen molar-refractivity contribution in [1.82, 2.24) is 9.47 Å². The number of hydrogen-bond donors (Lipinski definition) is 0. The number of rotatable bonds is 7. The molecule has 1 aromatic carbocycles. The maximum Gasteiger partial charge on any atom is 0.417 e. The summed E-state index contributed by atoms with van der Waals surface area (Å²) in [6, 6.07) is 7.42. The van der Waals surface area contributed by atoms with Gasteiger partial charge in [0, 0.05) is 25.4 Å². The van der Waals surface area contributed by atoms with Crippen molar-refractivity contribution < 1.29 is 31.9 Å². The Bertz CT molecular complexity index is 1060. The molecule has 0 unspecified atom stereocenters. The van der Waals surface area contributed by atoms with Crippen LogP contribution in [0, 0.1) is 11.7 Å². The molecule has 1 aliphatic rings. The third-order valence-electron chi connectivity index (χ3n) is 6.07. The average Bonchev–Trinajstić information content (AvgIpc) is 2.79. The zero-order valence-electron chi connectivity index (χ0n) is 18.7. The van der Waals surface area contributed by atoms with Crippen LogP contribution >= 0.6 is 0 Å². The summed E-state index contributed by atoms with van der Waals surface area (Å²) in [6.07, 6.45) is -2.75. The highest BCUT2D eigenvalue weighted by Crippen LogP contribution is 2.36. The highest BCUT2D eigenvalue weighted by Gasteiger charge is 2.33. The fourth-order valence-electron chi connectivity index (χ4n) is 4.29. The van der Waals surface area contributed by atoms with E-state index in [4.69, 9.17) is 4.74 Å². The van der Waals surface area contributed by atoms with Crippen LogP contribution in [0.4, 0.5) is 17.6 Å². The molecule has 3 rings (SSSR count). The van der Waals surface area contributed by atoms with Gasteiger partial charge in [-0.05, 0) is 55.4 Å². The highest BCUT2D eigenvalue weighted by molar-refractivity contribution is 5.76. The van der Waals surface area contributed by atoms with Crippen LogP contribution in [0.2, 0.25) is 0 Å².